The normalized spacial score (nSPS) is 19.8. The van der Waals surface area contributed by atoms with E-state index >= 15 is 0 Å². The predicted octanol–water partition coefficient (Wildman–Crippen LogP) is 0.763. The maximum Gasteiger partial charge on any atom is 0.206 e. The summed E-state index contributed by atoms with van der Waals surface area (Å²) in [7, 11) is 0. The van der Waals surface area contributed by atoms with Gasteiger partial charge in [-0.05, 0) is 26.7 Å². The number of nitrogens with one attached hydrogen (secondary N) is 2. The molecule has 94 valence electrons. The molecule has 0 spiro atoms. The number of ether oxygens (including phenoxy) is 1. The highest BCUT2D eigenvalue weighted by Crippen LogP contribution is 2.17. The van der Waals surface area contributed by atoms with Crippen LogP contribution in [0.15, 0.2) is 4.99 Å². The zero-order valence-electron chi connectivity index (χ0n) is 10.3. The van der Waals surface area contributed by atoms with Gasteiger partial charge in [-0.2, -0.15) is 0 Å². The minimum absolute atomic E-state index is 0.138. The first-order chi connectivity index (χ1) is 7.76. The van der Waals surface area contributed by atoms with Crippen LogP contribution in [0, 0.1) is 0 Å². The van der Waals surface area contributed by atoms with Crippen LogP contribution in [0.1, 0.15) is 39.5 Å². The maximum atomic E-state index is 5.43. The fourth-order valence-corrected chi connectivity index (χ4v) is 1.95. The lowest BCUT2D eigenvalue weighted by Gasteiger charge is -2.16. The molecule has 1 atom stereocenters. The fraction of sp³-hybridized carbons (Fsp3) is 0.909. The van der Waals surface area contributed by atoms with Crippen LogP contribution in [0.4, 0.5) is 0 Å². The summed E-state index contributed by atoms with van der Waals surface area (Å²) in [6.45, 7) is 5.35. The first-order valence-electron chi connectivity index (χ1n) is 6.15. The molecule has 0 aromatic carbocycles. The van der Waals surface area contributed by atoms with Gasteiger partial charge in [0.25, 0.3) is 0 Å². The summed E-state index contributed by atoms with van der Waals surface area (Å²) < 4.78 is 5.40. The van der Waals surface area contributed by atoms with Gasteiger partial charge in [-0.15, -0.1) is 0 Å². The molecule has 1 unspecified atom stereocenters. The van der Waals surface area contributed by atoms with Crippen molar-refractivity contribution in [1.29, 1.82) is 0 Å². The average molecular weight is 228 g/mol. The van der Waals surface area contributed by atoms with E-state index < -0.39 is 0 Å². The Labute approximate surface area is 97.8 Å². The molecule has 1 saturated carbocycles. The molecule has 5 nitrogen and oxygen atoms in total. The Hall–Kier alpha value is -0.810. The highest BCUT2D eigenvalue weighted by molar-refractivity contribution is 5.79. The predicted molar refractivity (Wildman–Crippen MR) is 66.1 cm³/mol. The molecule has 0 bridgehead atoms. The lowest BCUT2D eigenvalue weighted by molar-refractivity contribution is 0.0828. The van der Waals surface area contributed by atoms with Crippen LogP contribution in [-0.4, -0.2) is 31.3 Å². The number of aliphatic imine (C=N–C) groups is 1. The zero-order valence-corrected chi connectivity index (χ0v) is 10.3. The summed E-state index contributed by atoms with van der Waals surface area (Å²) in [5, 5.41) is 3.32. The monoisotopic (exact) mass is 228 g/mol. The first kappa shape index (κ1) is 13.3. The SMILES string of the molecule is CCOC(C)CN=C(NN)NC1CCCC1. The number of rotatable bonds is 5. The van der Waals surface area contributed by atoms with Gasteiger partial charge in [-0.25, -0.2) is 10.8 Å². The molecular weight excluding hydrogens is 204 g/mol. The van der Waals surface area contributed by atoms with Gasteiger partial charge in [0.15, 0.2) is 0 Å². The molecule has 0 saturated heterocycles. The number of hydrogen-bond acceptors (Lipinski definition) is 3. The second kappa shape index (κ2) is 7.46. The summed E-state index contributed by atoms with van der Waals surface area (Å²) in [5.41, 5.74) is 2.61. The third-order valence-corrected chi connectivity index (χ3v) is 2.79. The van der Waals surface area contributed by atoms with Gasteiger partial charge in [0.05, 0.1) is 12.6 Å². The molecule has 4 N–H and O–H groups in total. The second-order valence-corrected chi connectivity index (χ2v) is 4.23. The Balaban J connectivity index is 2.30. The number of nitrogens with zero attached hydrogens (tertiary/aromatic N) is 1. The quantitative estimate of drug-likeness (QED) is 0.281. The summed E-state index contributed by atoms with van der Waals surface area (Å²) in [6, 6.07) is 0.525. The van der Waals surface area contributed by atoms with Gasteiger partial charge < -0.3 is 10.1 Å². The first-order valence-corrected chi connectivity index (χ1v) is 6.15. The minimum Gasteiger partial charge on any atom is -0.377 e. The van der Waals surface area contributed by atoms with E-state index in [-0.39, 0.29) is 6.10 Å². The Bertz CT molecular complexity index is 214. The fourth-order valence-electron chi connectivity index (χ4n) is 1.95. The molecule has 5 heteroatoms. The molecule has 1 aliphatic rings. The standard InChI is InChI=1S/C11H24N4O/c1-3-16-9(2)8-13-11(15-12)14-10-6-4-5-7-10/h9-10H,3-8,12H2,1-2H3,(H2,13,14,15). The van der Waals surface area contributed by atoms with Crippen LogP contribution in [0.5, 0.6) is 0 Å². The largest absolute Gasteiger partial charge is 0.377 e. The Morgan fingerprint density at radius 2 is 2.19 bits per heavy atom. The number of hydrogen-bond donors (Lipinski definition) is 3. The van der Waals surface area contributed by atoms with Gasteiger partial charge in [0, 0.05) is 12.6 Å². The van der Waals surface area contributed by atoms with Crippen molar-refractivity contribution in [2.24, 2.45) is 10.8 Å². The molecule has 0 amide bonds. The van der Waals surface area contributed by atoms with E-state index in [9.17, 15) is 0 Å². The highest BCUT2D eigenvalue weighted by Gasteiger charge is 2.15. The van der Waals surface area contributed by atoms with E-state index in [1.54, 1.807) is 0 Å². The van der Waals surface area contributed by atoms with Crippen molar-refractivity contribution in [2.75, 3.05) is 13.2 Å². The molecule has 1 fully saturated rings. The van der Waals surface area contributed by atoms with Gasteiger partial charge in [-0.3, -0.25) is 5.43 Å². The van der Waals surface area contributed by atoms with Crippen molar-refractivity contribution in [1.82, 2.24) is 10.7 Å². The summed E-state index contributed by atoms with van der Waals surface area (Å²) in [6.07, 6.45) is 5.15. The number of nitrogens with two attached hydrogens (primary N) is 1. The zero-order chi connectivity index (χ0) is 11.8. The van der Waals surface area contributed by atoms with Crippen molar-refractivity contribution in [3.05, 3.63) is 0 Å². The van der Waals surface area contributed by atoms with Crippen LogP contribution in [0.25, 0.3) is 0 Å². The van der Waals surface area contributed by atoms with Crippen molar-refractivity contribution >= 4 is 5.96 Å². The van der Waals surface area contributed by atoms with Crippen LogP contribution in [0.3, 0.4) is 0 Å². The van der Waals surface area contributed by atoms with Crippen molar-refractivity contribution < 1.29 is 4.74 Å². The molecule has 0 heterocycles. The van der Waals surface area contributed by atoms with Crippen LogP contribution < -0.4 is 16.6 Å². The van der Waals surface area contributed by atoms with E-state index in [2.05, 4.69) is 15.7 Å². The van der Waals surface area contributed by atoms with Gasteiger partial charge in [-0.1, -0.05) is 12.8 Å². The van der Waals surface area contributed by atoms with Crippen LogP contribution in [-0.2, 0) is 4.74 Å². The third-order valence-electron chi connectivity index (χ3n) is 2.79. The summed E-state index contributed by atoms with van der Waals surface area (Å²) in [5.74, 6) is 6.11. The van der Waals surface area contributed by atoms with Gasteiger partial charge in [0.1, 0.15) is 0 Å². The summed E-state index contributed by atoms with van der Waals surface area (Å²) in [4.78, 5) is 4.37. The lowest BCUT2D eigenvalue weighted by Crippen LogP contribution is -2.46. The maximum absolute atomic E-state index is 5.43. The minimum atomic E-state index is 0.138. The van der Waals surface area contributed by atoms with Crippen molar-refractivity contribution in [2.45, 2.75) is 51.7 Å². The lowest BCUT2D eigenvalue weighted by atomic mass is 10.2. The number of hydrazine groups is 1. The molecule has 0 aliphatic heterocycles. The van der Waals surface area contributed by atoms with Gasteiger partial charge >= 0.3 is 0 Å². The molecule has 0 aromatic rings. The topological polar surface area (TPSA) is 71.7 Å². The van der Waals surface area contributed by atoms with E-state index in [0.29, 0.717) is 18.5 Å². The summed E-state index contributed by atoms with van der Waals surface area (Å²) >= 11 is 0. The smallest absolute Gasteiger partial charge is 0.206 e. The molecule has 1 aliphatic carbocycles. The average Bonchev–Trinajstić information content (AvgIpc) is 2.77. The molecule has 1 rings (SSSR count). The Kier molecular flexibility index (Phi) is 6.18. The molecule has 0 aromatic heterocycles. The van der Waals surface area contributed by atoms with Crippen LogP contribution in [0.2, 0.25) is 0 Å². The van der Waals surface area contributed by atoms with E-state index in [1.807, 2.05) is 13.8 Å². The van der Waals surface area contributed by atoms with Gasteiger partial charge in [0.2, 0.25) is 5.96 Å². The van der Waals surface area contributed by atoms with E-state index in [4.69, 9.17) is 10.6 Å². The van der Waals surface area contributed by atoms with Crippen molar-refractivity contribution in [3.8, 4) is 0 Å². The second-order valence-electron chi connectivity index (χ2n) is 4.23. The Morgan fingerprint density at radius 3 is 2.75 bits per heavy atom. The van der Waals surface area contributed by atoms with Crippen LogP contribution >= 0.6 is 0 Å². The highest BCUT2D eigenvalue weighted by atomic mass is 16.5. The molecule has 16 heavy (non-hydrogen) atoms. The van der Waals surface area contributed by atoms with Crippen molar-refractivity contribution in [3.63, 3.8) is 0 Å². The molecule has 0 radical (unpaired) electrons. The molecular formula is C11H24N4O. The third kappa shape index (κ3) is 4.81. The van der Waals surface area contributed by atoms with E-state index in [1.165, 1.54) is 25.7 Å². The number of guanidine groups is 1. The van der Waals surface area contributed by atoms with E-state index in [0.717, 1.165) is 6.61 Å². The Morgan fingerprint density at radius 1 is 1.50 bits per heavy atom.